The van der Waals surface area contributed by atoms with Crippen LogP contribution < -0.4 is 9.47 Å². The molecule has 26 heteroatoms. The lowest BCUT2D eigenvalue weighted by molar-refractivity contribution is -0.668. The maximum atomic E-state index is 12.2. The zero-order chi connectivity index (χ0) is 33.3. The molecule has 1 aliphatic carbocycles. The Labute approximate surface area is 236 Å². The smallest absolute Gasteiger partial charge is 0.444 e. The molecule has 2 atom stereocenters. The third kappa shape index (κ3) is 5.63. The van der Waals surface area contributed by atoms with Gasteiger partial charge in [0.05, 0.1) is 58.7 Å². The van der Waals surface area contributed by atoms with Gasteiger partial charge in [-0.25, -0.2) is 0 Å². The van der Waals surface area contributed by atoms with Crippen LogP contribution in [0.2, 0.25) is 0 Å². The summed E-state index contributed by atoms with van der Waals surface area (Å²) in [7, 11) is 0. The summed E-state index contributed by atoms with van der Waals surface area (Å²) in [5, 5.41) is 92.4. The van der Waals surface area contributed by atoms with Gasteiger partial charge in [-0.1, -0.05) is 0 Å². The van der Waals surface area contributed by atoms with Crippen LogP contribution in [0.15, 0.2) is 48.3 Å². The molecule has 0 saturated carbocycles. The highest BCUT2D eigenvalue weighted by Gasteiger charge is 2.62. The van der Waals surface area contributed by atoms with Gasteiger partial charge in [-0.3, -0.25) is 80.9 Å². The summed E-state index contributed by atoms with van der Waals surface area (Å²) in [6.07, 6.45) is 0.773. The van der Waals surface area contributed by atoms with Gasteiger partial charge in [0.2, 0.25) is 0 Å². The number of hydrogen-bond acceptors (Lipinski definition) is 18. The summed E-state index contributed by atoms with van der Waals surface area (Å²) >= 11 is 0. The van der Waals surface area contributed by atoms with Gasteiger partial charge in [0.15, 0.2) is 0 Å². The number of allylic oxidation sites excluding steroid dienone is 1. The fourth-order valence-electron chi connectivity index (χ4n) is 3.62. The monoisotopic (exact) mass is 624 g/mol. The second-order valence-corrected chi connectivity index (χ2v) is 8.01. The molecule has 0 fully saturated rings. The maximum Gasteiger partial charge on any atom is 0.455 e. The van der Waals surface area contributed by atoms with Crippen molar-refractivity contribution in [2.45, 2.75) is 11.8 Å². The number of nitro groups is 8. The van der Waals surface area contributed by atoms with Crippen LogP contribution in [0.3, 0.4) is 0 Å². The number of nitro benzene ring substituents is 6. The number of ether oxygens (including phenoxy) is 2. The average molecular weight is 624 g/mol. The second kappa shape index (κ2) is 11.3. The van der Waals surface area contributed by atoms with Crippen molar-refractivity contribution in [2.24, 2.45) is 0 Å². The largest absolute Gasteiger partial charge is 0.455 e. The molecule has 3 rings (SSSR count). The van der Waals surface area contributed by atoms with Gasteiger partial charge in [-0.05, 0) is 6.08 Å². The first-order valence-corrected chi connectivity index (χ1v) is 10.7. The Hall–Kier alpha value is -7.28. The van der Waals surface area contributed by atoms with Crippen LogP contribution in [-0.2, 0) is 0 Å². The van der Waals surface area contributed by atoms with E-state index in [0.29, 0.717) is 6.08 Å². The van der Waals surface area contributed by atoms with E-state index in [9.17, 15) is 80.9 Å². The molecule has 44 heavy (non-hydrogen) atoms. The number of non-ortho nitro benzene ring substituents is 2. The van der Waals surface area contributed by atoms with E-state index in [4.69, 9.17) is 9.47 Å². The molecular weight excluding hydrogens is 616 g/mol. The minimum Gasteiger partial charge on any atom is -0.444 e. The Morgan fingerprint density at radius 2 is 0.955 bits per heavy atom. The highest BCUT2D eigenvalue weighted by atomic mass is 16.7. The fourth-order valence-corrected chi connectivity index (χ4v) is 3.62. The Bertz CT molecular complexity index is 1700. The van der Waals surface area contributed by atoms with Crippen molar-refractivity contribution in [3.63, 3.8) is 0 Å². The molecule has 0 radical (unpaired) electrons. The molecular formula is C18H8N8O18. The van der Waals surface area contributed by atoms with E-state index >= 15 is 0 Å². The minimum atomic E-state index is -3.60. The molecule has 0 saturated heterocycles. The Balaban J connectivity index is 2.24. The van der Waals surface area contributed by atoms with Crippen molar-refractivity contribution in [3.8, 4) is 11.5 Å². The third-order valence-electron chi connectivity index (χ3n) is 5.51. The lowest BCUT2D eigenvalue weighted by atomic mass is 9.98. The fraction of sp³-hybridized carbons (Fsp3) is 0.111. The van der Waals surface area contributed by atoms with Gasteiger partial charge in [-0.2, -0.15) is 0 Å². The first-order valence-electron chi connectivity index (χ1n) is 10.7. The van der Waals surface area contributed by atoms with E-state index in [1.165, 1.54) is 0 Å². The van der Waals surface area contributed by atoms with Gasteiger partial charge in [-0.15, -0.1) is 0 Å². The van der Waals surface area contributed by atoms with Crippen LogP contribution in [0.1, 0.15) is 0 Å². The molecule has 0 spiro atoms. The van der Waals surface area contributed by atoms with Gasteiger partial charge < -0.3 is 9.47 Å². The molecule has 0 heterocycles. The van der Waals surface area contributed by atoms with Crippen LogP contribution in [0.4, 0.5) is 34.1 Å². The van der Waals surface area contributed by atoms with Crippen LogP contribution in [0.25, 0.3) is 0 Å². The lowest BCUT2D eigenvalue weighted by Gasteiger charge is -2.26. The molecule has 0 N–H and O–H groups in total. The molecule has 2 unspecified atom stereocenters. The molecule has 0 bridgehead atoms. The SMILES string of the molecule is O=[N+]([O-])c1cc([N+](=O)[O-])c(OC2=CC([N+](=O)[O-])C(Oc3c([N+](=O)[O-])cc([N+](=O)[O-])cc3[N+](=O)[O-])([N+](=O)[O-])C=C2)c([N+](=O)[O-])c1. The normalized spacial score (nSPS) is 17.1. The van der Waals surface area contributed by atoms with Gasteiger partial charge in [0.25, 0.3) is 22.9 Å². The average Bonchev–Trinajstić information content (AvgIpc) is 2.92. The van der Waals surface area contributed by atoms with E-state index in [-0.39, 0.29) is 36.4 Å². The van der Waals surface area contributed by atoms with Crippen LogP contribution in [0, 0.1) is 80.9 Å². The Kier molecular flexibility index (Phi) is 8.03. The summed E-state index contributed by atoms with van der Waals surface area (Å²) in [6, 6.07) is -2.11. The highest BCUT2D eigenvalue weighted by molar-refractivity contribution is 5.67. The van der Waals surface area contributed by atoms with Gasteiger partial charge in [0.1, 0.15) is 5.76 Å². The van der Waals surface area contributed by atoms with E-state index < -0.39 is 103 Å². The van der Waals surface area contributed by atoms with Crippen molar-refractivity contribution in [1.82, 2.24) is 0 Å². The molecule has 0 aromatic heterocycles. The van der Waals surface area contributed by atoms with Crippen molar-refractivity contribution in [3.05, 3.63) is 129 Å². The Morgan fingerprint density at radius 3 is 1.27 bits per heavy atom. The summed E-state index contributed by atoms with van der Waals surface area (Å²) in [5.41, 5.74) is -11.9. The molecule has 1 aliphatic rings. The third-order valence-corrected chi connectivity index (χ3v) is 5.51. The maximum absolute atomic E-state index is 12.2. The van der Waals surface area contributed by atoms with Gasteiger partial charge in [0, 0.05) is 17.1 Å². The molecule has 0 aliphatic heterocycles. The predicted octanol–water partition coefficient (Wildman–Crippen LogP) is 2.67. The van der Waals surface area contributed by atoms with E-state index in [0.717, 1.165) is 0 Å². The van der Waals surface area contributed by atoms with Crippen molar-refractivity contribution in [1.29, 1.82) is 0 Å². The zero-order valence-corrected chi connectivity index (χ0v) is 20.5. The topological polar surface area (TPSA) is 364 Å². The molecule has 2 aromatic carbocycles. The summed E-state index contributed by atoms with van der Waals surface area (Å²) < 4.78 is 9.98. The molecule has 228 valence electrons. The quantitative estimate of drug-likeness (QED) is 0.186. The lowest BCUT2D eigenvalue weighted by Crippen LogP contribution is -2.56. The Morgan fingerprint density at radius 1 is 0.568 bits per heavy atom. The van der Waals surface area contributed by atoms with Crippen LogP contribution in [-0.4, -0.2) is 51.2 Å². The van der Waals surface area contributed by atoms with E-state index in [1.807, 2.05) is 0 Å². The van der Waals surface area contributed by atoms with Crippen molar-refractivity contribution >= 4 is 34.1 Å². The standard InChI is InChI=1S/C18H8N8O18/c27-19(28)8-3-11(21(31)32)16(12(4-8)22(33)34)43-10-1-2-18(26(41)42,15(7-10)25(39)40)44-17-13(23(35)36)5-9(20(29)30)6-14(17)24(37)38/h1-7,15H. The molecule has 2 aromatic rings. The second-order valence-electron chi connectivity index (χ2n) is 8.01. The van der Waals surface area contributed by atoms with Crippen LogP contribution >= 0.6 is 0 Å². The minimum absolute atomic E-state index is 0.126. The first-order chi connectivity index (χ1) is 20.4. The summed E-state index contributed by atoms with van der Waals surface area (Å²) in [4.78, 5) is 81.3. The van der Waals surface area contributed by atoms with E-state index in [2.05, 4.69) is 0 Å². The van der Waals surface area contributed by atoms with Crippen molar-refractivity contribution in [2.75, 3.05) is 0 Å². The molecule has 0 amide bonds. The summed E-state index contributed by atoms with van der Waals surface area (Å²) in [5.74, 6) is -3.88. The highest BCUT2D eigenvalue weighted by Crippen LogP contribution is 2.45. The van der Waals surface area contributed by atoms with Crippen molar-refractivity contribution < 1.29 is 48.9 Å². The molecule has 26 nitrogen and oxygen atoms in total. The van der Waals surface area contributed by atoms with Gasteiger partial charge >= 0.3 is 34.5 Å². The number of benzene rings is 2. The first kappa shape index (κ1) is 31.3. The van der Waals surface area contributed by atoms with E-state index in [1.54, 1.807) is 0 Å². The number of rotatable bonds is 12. The number of hydrogen-bond donors (Lipinski definition) is 0. The predicted molar refractivity (Wildman–Crippen MR) is 132 cm³/mol. The zero-order valence-electron chi connectivity index (χ0n) is 20.5. The number of nitrogens with zero attached hydrogens (tertiary/aromatic N) is 8. The summed E-state index contributed by atoms with van der Waals surface area (Å²) in [6.45, 7) is 0. The van der Waals surface area contributed by atoms with Crippen LogP contribution in [0.5, 0.6) is 11.5 Å².